The van der Waals surface area contributed by atoms with E-state index in [1.807, 2.05) is 44.2 Å². The SMILES string of the molecule is CCN(CC)c1ccc(Nc2ncc(C(=O)Nc3cc(C)ccc3C)cn2)cc1. The first-order valence-corrected chi connectivity index (χ1v) is 9.82. The first-order valence-electron chi connectivity index (χ1n) is 9.82. The summed E-state index contributed by atoms with van der Waals surface area (Å²) in [5, 5.41) is 6.09. The molecule has 0 atom stereocenters. The van der Waals surface area contributed by atoms with Gasteiger partial charge in [-0.15, -0.1) is 0 Å². The molecule has 0 aliphatic heterocycles. The zero-order valence-electron chi connectivity index (χ0n) is 17.4. The lowest BCUT2D eigenvalue weighted by molar-refractivity contribution is 0.102. The van der Waals surface area contributed by atoms with Crippen molar-refractivity contribution in [2.24, 2.45) is 0 Å². The van der Waals surface area contributed by atoms with Gasteiger partial charge in [0, 0.05) is 42.5 Å². The molecule has 2 N–H and O–H groups in total. The molecule has 0 aliphatic rings. The van der Waals surface area contributed by atoms with Crippen molar-refractivity contribution < 1.29 is 4.79 Å². The van der Waals surface area contributed by atoms with Crippen molar-refractivity contribution in [3.8, 4) is 0 Å². The molecule has 1 aromatic heterocycles. The zero-order valence-corrected chi connectivity index (χ0v) is 17.4. The maximum absolute atomic E-state index is 12.5. The maximum atomic E-state index is 12.5. The summed E-state index contributed by atoms with van der Waals surface area (Å²) < 4.78 is 0. The molecule has 0 bridgehead atoms. The summed E-state index contributed by atoms with van der Waals surface area (Å²) in [7, 11) is 0. The molecule has 0 unspecified atom stereocenters. The molecule has 0 saturated heterocycles. The highest BCUT2D eigenvalue weighted by Gasteiger charge is 2.10. The number of hydrogen-bond acceptors (Lipinski definition) is 5. The molecular formula is C23H27N5O. The number of hydrogen-bond donors (Lipinski definition) is 2. The largest absolute Gasteiger partial charge is 0.372 e. The molecule has 0 radical (unpaired) electrons. The molecular weight excluding hydrogens is 362 g/mol. The third-order valence-electron chi connectivity index (χ3n) is 4.81. The number of benzene rings is 2. The second-order valence-electron chi connectivity index (χ2n) is 6.91. The molecule has 150 valence electrons. The fourth-order valence-electron chi connectivity index (χ4n) is 3.05. The molecule has 3 rings (SSSR count). The number of carbonyl (C=O) groups is 1. The first kappa shape index (κ1) is 20.3. The Balaban J connectivity index is 1.65. The number of carbonyl (C=O) groups excluding carboxylic acids is 1. The van der Waals surface area contributed by atoms with Gasteiger partial charge in [-0.25, -0.2) is 9.97 Å². The minimum Gasteiger partial charge on any atom is -0.372 e. The van der Waals surface area contributed by atoms with Gasteiger partial charge in [0.1, 0.15) is 0 Å². The van der Waals surface area contributed by atoms with Crippen LogP contribution in [0, 0.1) is 13.8 Å². The van der Waals surface area contributed by atoms with Crippen molar-refractivity contribution >= 4 is 28.9 Å². The fourth-order valence-corrected chi connectivity index (χ4v) is 3.05. The Morgan fingerprint density at radius 1 is 0.966 bits per heavy atom. The standard InChI is InChI=1S/C23H27N5O/c1-5-28(6-2)20-11-9-19(10-12-20)26-23-24-14-18(15-25-23)22(29)27-21-13-16(3)7-8-17(21)4/h7-15H,5-6H2,1-4H3,(H,27,29)(H,24,25,26). The van der Waals surface area contributed by atoms with E-state index in [4.69, 9.17) is 0 Å². The molecule has 0 aliphatic carbocycles. The molecule has 0 spiro atoms. The highest BCUT2D eigenvalue weighted by molar-refractivity contribution is 6.04. The van der Waals surface area contributed by atoms with E-state index in [0.29, 0.717) is 11.5 Å². The summed E-state index contributed by atoms with van der Waals surface area (Å²) in [5.41, 5.74) is 5.39. The molecule has 0 fully saturated rings. The Labute approximate surface area is 172 Å². The van der Waals surface area contributed by atoms with E-state index >= 15 is 0 Å². The molecule has 0 saturated carbocycles. The number of aromatic nitrogens is 2. The van der Waals surface area contributed by atoms with Crippen LogP contribution in [0.4, 0.5) is 23.0 Å². The van der Waals surface area contributed by atoms with Crippen LogP contribution in [0.25, 0.3) is 0 Å². The van der Waals surface area contributed by atoms with Crippen LogP contribution in [0.15, 0.2) is 54.9 Å². The molecule has 29 heavy (non-hydrogen) atoms. The molecule has 3 aromatic rings. The van der Waals surface area contributed by atoms with E-state index in [-0.39, 0.29) is 5.91 Å². The van der Waals surface area contributed by atoms with Crippen LogP contribution in [0.2, 0.25) is 0 Å². The van der Waals surface area contributed by atoms with E-state index in [9.17, 15) is 4.79 Å². The average molecular weight is 390 g/mol. The van der Waals surface area contributed by atoms with Crippen LogP contribution in [0.1, 0.15) is 35.3 Å². The van der Waals surface area contributed by atoms with Gasteiger partial charge in [-0.2, -0.15) is 0 Å². The van der Waals surface area contributed by atoms with E-state index in [0.717, 1.165) is 35.6 Å². The van der Waals surface area contributed by atoms with Crippen molar-refractivity contribution in [2.75, 3.05) is 28.6 Å². The molecule has 1 heterocycles. The molecule has 1 amide bonds. The van der Waals surface area contributed by atoms with Crippen molar-refractivity contribution in [2.45, 2.75) is 27.7 Å². The lowest BCUT2D eigenvalue weighted by atomic mass is 10.1. The number of anilines is 4. The predicted molar refractivity (Wildman–Crippen MR) is 119 cm³/mol. The zero-order chi connectivity index (χ0) is 20.8. The number of nitrogens with zero attached hydrogens (tertiary/aromatic N) is 3. The lowest BCUT2D eigenvalue weighted by Gasteiger charge is -2.21. The van der Waals surface area contributed by atoms with Crippen molar-refractivity contribution in [3.05, 3.63) is 71.5 Å². The number of aryl methyl sites for hydroxylation is 2. The Bertz CT molecular complexity index is 964. The number of nitrogens with one attached hydrogen (secondary N) is 2. The summed E-state index contributed by atoms with van der Waals surface area (Å²) in [6.45, 7) is 10.2. The average Bonchev–Trinajstić information content (AvgIpc) is 2.73. The Kier molecular flexibility index (Phi) is 6.44. The van der Waals surface area contributed by atoms with Gasteiger partial charge < -0.3 is 15.5 Å². The van der Waals surface area contributed by atoms with Crippen LogP contribution in [-0.4, -0.2) is 29.0 Å². The first-order chi connectivity index (χ1) is 14.0. The van der Waals surface area contributed by atoms with Gasteiger partial charge in [-0.05, 0) is 69.2 Å². The normalized spacial score (nSPS) is 10.5. The van der Waals surface area contributed by atoms with Gasteiger partial charge in [0.25, 0.3) is 5.91 Å². The molecule has 6 heteroatoms. The monoisotopic (exact) mass is 389 g/mol. The number of amides is 1. The van der Waals surface area contributed by atoms with Gasteiger partial charge in [0.15, 0.2) is 0 Å². The van der Waals surface area contributed by atoms with Gasteiger partial charge >= 0.3 is 0 Å². The second-order valence-corrected chi connectivity index (χ2v) is 6.91. The van der Waals surface area contributed by atoms with Crippen LogP contribution in [0.5, 0.6) is 0 Å². The van der Waals surface area contributed by atoms with E-state index in [1.54, 1.807) is 0 Å². The Hall–Kier alpha value is -3.41. The maximum Gasteiger partial charge on any atom is 0.258 e. The third-order valence-corrected chi connectivity index (χ3v) is 4.81. The van der Waals surface area contributed by atoms with Gasteiger partial charge in [-0.3, -0.25) is 4.79 Å². The predicted octanol–water partition coefficient (Wildman–Crippen LogP) is 4.94. The number of rotatable bonds is 7. The summed E-state index contributed by atoms with van der Waals surface area (Å²) in [6, 6.07) is 14.1. The lowest BCUT2D eigenvalue weighted by Crippen LogP contribution is -2.21. The van der Waals surface area contributed by atoms with Gasteiger partial charge in [0.2, 0.25) is 5.95 Å². The molecule has 6 nitrogen and oxygen atoms in total. The smallest absolute Gasteiger partial charge is 0.258 e. The topological polar surface area (TPSA) is 70.2 Å². The van der Waals surface area contributed by atoms with Crippen molar-refractivity contribution in [3.63, 3.8) is 0 Å². The summed E-state index contributed by atoms with van der Waals surface area (Å²) in [6.07, 6.45) is 3.06. The summed E-state index contributed by atoms with van der Waals surface area (Å²) in [4.78, 5) is 23.3. The molecule has 2 aromatic carbocycles. The highest BCUT2D eigenvalue weighted by Crippen LogP contribution is 2.20. The minimum atomic E-state index is -0.228. The highest BCUT2D eigenvalue weighted by atomic mass is 16.1. The van der Waals surface area contributed by atoms with Gasteiger partial charge in [-0.1, -0.05) is 12.1 Å². The Morgan fingerprint density at radius 2 is 1.62 bits per heavy atom. The van der Waals surface area contributed by atoms with Gasteiger partial charge in [0.05, 0.1) is 5.56 Å². The third kappa shape index (κ3) is 5.10. The minimum absolute atomic E-state index is 0.228. The Morgan fingerprint density at radius 3 is 2.24 bits per heavy atom. The second kappa shape index (κ2) is 9.19. The van der Waals surface area contributed by atoms with E-state index in [2.05, 4.69) is 51.5 Å². The van der Waals surface area contributed by atoms with Crippen molar-refractivity contribution in [1.29, 1.82) is 0 Å². The van der Waals surface area contributed by atoms with Crippen LogP contribution >= 0.6 is 0 Å². The van der Waals surface area contributed by atoms with Crippen LogP contribution in [-0.2, 0) is 0 Å². The fraction of sp³-hybridized carbons (Fsp3) is 0.261. The van der Waals surface area contributed by atoms with Crippen LogP contribution in [0.3, 0.4) is 0 Å². The van der Waals surface area contributed by atoms with Crippen molar-refractivity contribution in [1.82, 2.24) is 9.97 Å². The summed E-state index contributed by atoms with van der Waals surface area (Å²) in [5.74, 6) is 0.220. The quantitative estimate of drug-likeness (QED) is 0.599. The van der Waals surface area contributed by atoms with Crippen LogP contribution < -0.4 is 15.5 Å². The summed E-state index contributed by atoms with van der Waals surface area (Å²) >= 11 is 0. The van der Waals surface area contributed by atoms with E-state index < -0.39 is 0 Å². The van der Waals surface area contributed by atoms with E-state index in [1.165, 1.54) is 18.1 Å².